The normalized spacial score (nSPS) is 24.6. The predicted molar refractivity (Wildman–Crippen MR) is 68.0 cm³/mol. The van der Waals surface area contributed by atoms with E-state index in [4.69, 9.17) is 22.1 Å². The van der Waals surface area contributed by atoms with Crippen LogP contribution in [0.3, 0.4) is 0 Å². The number of morpholine rings is 1. The van der Waals surface area contributed by atoms with E-state index >= 15 is 0 Å². The highest BCUT2D eigenvalue weighted by atomic mass is 35.5. The van der Waals surface area contributed by atoms with Gasteiger partial charge in [0.15, 0.2) is 0 Å². The largest absolute Gasteiger partial charge is 0.374 e. The van der Waals surface area contributed by atoms with E-state index in [0.717, 1.165) is 30.6 Å². The molecule has 2 N–H and O–H groups in total. The van der Waals surface area contributed by atoms with Gasteiger partial charge < -0.3 is 10.5 Å². The van der Waals surface area contributed by atoms with Gasteiger partial charge in [0.1, 0.15) is 0 Å². The zero-order valence-electron chi connectivity index (χ0n) is 9.36. The van der Waals surface area contributed by atoms with Crippen molar-refractivity contribution >= 4 is 22.9 Å². The Bertz CT molecular complexity index is 342. The topological polar surface area (TPSA) is 38.5 Å². The summed E-state index contributed by atoms with van der Waals surface area (Å²) in [6, 6.07) is 4.13. The molecule has 0 saturated carbocycles. The number of nitrogens with two attached hydrogens (primary N) is 1. The van der Waals surface area contributed by atoms with Gasteiger partial charge in [-0.2, -0.15) is 0 Å². The summed E-state index contributed by atoms with van der Waals surface area (Å²) < 4.78 is 6.48. The molecule has 1 aliphatic heterocycles. The molecular weight excluding hydrogens is 244 g/mol. The van der Waals surface area contributed by atoms with E-state index in [1.807, 2.05) is 13.0 Å². The van der Waals surface area contributed by atoms with E-state index in [1.165, 1.54) is 4.88 Å². The second-order valence-electron chi connectivity index (χ2n) is 4.21. The number of ether oxygens (including phenoxy) is 1. The van der Waals surface area contributed by atoms with Crippen molar-refractivity contribution in [2.75, 3.05) is 19.7 Å². The summed E-state index contributed by atoms with van der Waals surface area (Å²) in [5.41, 5.74) is 5.86. The molecule has 1 aliphatic rings. The summed E-state index contributed by atoms with van der Waals surface area (Å²) in [5.74, 6) is 0. The first-order valence-corrected chi connectivity index (χ1v) is 6.68. The lowest BCUT2D eigenvalue weighted by atomic mass is 10.1. The van der Waals surface area contributed by atoms with E-state index in [1.54, 1.807) is 11.3 Å². The Hall–Kier alpha value is -0.130. The molecule has 2 rings (SSSR count). The average Bonchev–Trinajstić information content (AvgIpc) is 2.64. The molecule has 0 aromatic carbocycles. The second kappa shape index (κ2) is 5.47. The van der Waals surface area contributed by atoms with Crippen LogP contribution in [0.2, 0.25) is 4.34 Å². The third kappa shape index (κ3) is 3.18. The lowest BCUT2D eigenvalue weighted by Crippen LogP contribution is -2.49. The van der Waals surface area contributed by atoms with Crippen LogP contribution >= 0.6 is 22.9 Å². The Morgan fingerprint density at radius 2 is 2.50 bits per heavy atom. The molecule has 2 atom stereocenters. The number of rotatable bonds is 3. The van der Waals surface area contributed by atoms with Gasteiger partial charge in [-0.1, -0.05) is 11.6 Å². The molecule has 0 amide bonds. The van der Waals surface area contributed by atoms with Crippen molar-refractivity contribution in [3.63, 3.8) is 0 Å². The summed E-state index contributed by atoms with van der Waals surface area (Å²) in [7, 11) is 0. The number of hydrogen-bond donors (Lipinski definition) is 1. The summed E-state index contributed by atoms with van der Waals surface area (Å²) in [5, 5.41) is 0. The van der Waals surface area contributed by atoms with Gasteiger partial charge >= 0.3 is 0 Å². The van der Waals surface area contributed by atoms with Crippen molar-refractivity contribution in [2.45, 2.75) is 25.6 Å². The van der Waals surface area contributed by atoms with Crippen molar-refractivity contribution in [2.24, 2.45) is 5.73 Å². The fraction of sp³-hybridized carbons (Fsp3) is 0.636. The minimum atomic E-state index is 0.0923. The lowest BCUT2D eigenvalue weighted by Gasteiger charge is -2.34. The van der Waals surface area contributed by atoms with Crippen LogP contribution in [0, 0.1) is 0 Å². The van der Waals surface area contributed by atoms with E-state index in [0.29, 0.717) is 0 Å². The number of halogens is 1. The molecule has 0 aliphatic carbocycles. The zero-order chi connectivity index (χ0) is 11.5. The minimum Gasteiger partial charge on any atom is -0.374 e. The fourth-order valence-corrected chi connectivity index (χ4v) is 2.98. The van der Waals surface area contributed by atoms with Gasteiger partial charge in [-0.25, -0.2) is 0 Å². The summed E-state index contributed by atoms with van der Waals surface area (Å²) in [6.07, 6.45) is 0.157. The summed E-state index contributed by atoms with van der Waals surface area (Å²) in [4.78, 5) is 3.68. The molecule has 3 nitrogen and oxygen atoms in total. The van der Waals surface area contributed by atoms with E-state index in [-0.39, 0.29) is 12.1 Å². The molecule has 1 aromatic rings. The Morgan fingerprint density at radius 1 is 1.69 bits per heavy atom. The molecule has 0 spiro atoms. The van der Waals surface area contributed by atoms with Gasteiger partial charge in [0.05, 0.1) is 17.0 Å². The van der Waals surface area contributed by atoms with Gasteiger partial charge in [0.2, 0.25) is 0 Å². The molecule has 90 valence electrons. The first-order chi connectivity index (χ1) is 7.65. The monoisotopic (exact) mass is 260 g/mol. The highest BCUT2D eigenvalue weighted by Crippen LogP contribution is 2.23. The highest BCUT2D eigenvalue weighted by Gasteiger charge is 2.23. The molecule has 0 bridgehead atoms. The highest BCUT2D eigenvalue weighted by molar-refractivity contribution is 7.16. The molecule has 1 aromatic heterocycles. The van der Waals surface area contributed by atoms with Gasteiger partial charge in [0.25, 0.3) is 0 Å². The van der Waals surface area contributed by atoms with Crippen molar-refractivity contribution in [3.8, 4) is 0 Å². The van der Waals surface area contributed by atoms with E-state index in [9.17, 15) is 0 Å². The molecule has 1 fully saturated rings. The van der Waals surface area contributed by atoms with Crippen LogP contribution in [0.5, 0.6) is 0 Å². The second-order valence-corrected chi connectivity index (χ2v) is 6.01. The molecule has 2 heterocycles. The zero-order valence-corrected chi connectivity index (χ0v) is 10.9. The maximum absolute atomic E-state index is 5.91. The van der Waals surface area contributed by atoms with Gasteiger partial charge in [-0.05, 0) is 19.1 Å². The minimum absolute atomic E-state index is 0.0923. The van der Waals surface area contributed by atoms with E-state index in [2.05, 4.69) is 11.0 Å². The third-order valence-electron chi connectivity index (χ3n) is 2.77. The van der Waals surface area contributed by atoms with Crippen molar-refractivity contribution in [1.29, 1.82) is 0 Å². The lowest BCUT2D eigenvalue weighted by molar-refractivity contribution is -0.0400. The van der Waals surface area contributed by atoms with Crippen LogP contribution in [-0.2, 0) is 11.3 Å². The maximum atomic E-state index is 5.91. The fourth-order valence-electron chi connectivity index (χ4n) is 1.85. The maximum Gasteiger partial charge on any atom is 0.0931 e. The Balaban J connectivity index is 1.90. The summed E-state index contributed by atoms with van der Waals surface area (Å²) >= 11 is 7.56. The Labute approximate surface area is 105 Å². The smallest absolute Gasteiger partial charge is 0.0931 e. The van der Waals surface area contributed by atoms with Crippen LogP contribution < -0.4 is 5.73 Å². The predicted octanol–water partition coefficient (Wildman–Crippen LogP) is 1.95. The first-order valence-electron chi connectivity index (χ1n) is 5.49. The van der Waals surface area contributed by atoms with Crippen LogP contribution in [0.25, 0.3) is 0 Å². The molecule has 16 heavy (non-hydrogen) atoms. The molecule has 2 unspecified atom stereocenters. The first kappa shape index (κ1) is 12.3. The molecular formula is C11H17ClN2OS. The van der Waals surface area contributed by atoms with Crippen LogP contribution in [0.4, 0.5) is 0 Å². The average molecular weight is 261 g/mol. The quantitative estimate of drug-likeness (QED) is 0.903. The van der Waals surface area contributed by atoms with Gasteiger partial charge in [-0.3, -0.25) is 4.90 Å². The van der Waals surface area contributed by atoms with Gasteiger partial charge in [-0.15, -0.1) is 11.3 Å². The van der Waals surface area contributed by atoms with Crippen LogP contribution in [0.1, 0.15) is 11.8 Å². The molecule has 1 saturated heterocycles. The Morgan fingerprint density at radius 3 is 3.12 bits per heavy atom. The number of nitrogens with zero attached hydrogens (tertiary/aromatic N) is 1. The summed E-state index contributed by atoms with van der Waals surface area (Å²) in [6.45, 7) is 5.59. The van der Waals surface area contributed by atoms with Gasteiger partial charge in [0, 0.05) is 30.6 Å². The Kier molecular flexibility index (Phi) is 4.21. The molecule has 5 heteroatoms. The third-order valence-corrected chi connectivity index (χ3v) is 3.99. The molecule has 0 radical (unpaired) electrons. The van der Waals surface area contributed by atoms with Crippen molar-refractivity contribution in [3.05, 3.63) is 21.3 Å². The van der Waals surface area contributed by atoms with E-state index < -0.39 is 0 Å². The van der Waals surface area contributed by atoms with Crippen LogP contribution in [0.15, 0.2) is 12.1 Å². The van der Waals surface area contributed by atoms with Crippen LogP contribution in [-0.4, -0.2) is 36.7 Å². The number of hydrogen-bond acceptors (Lipinski definition) is 4. The SMILES string of the molecule is CC(N)C1CN(Cc2ccc(Cl)s2)CCO1. The van der Waals surface area contributed by atoms with Crippen molar-refractivity contribution in [1.82, 2.24) is 4.90 Å². The number of thiophene rings is 1. The van der Waals surface area contributed by atoms with Crippen molar-refractivity contribution < 1.29 is 4.74 Å². The standard InChI is InChI=1S/C11H17ClN2OS/c1-8(13)10-7-14(4-5-15-10)6-9-2-3-11(12)16-9/h2-3,8,10H,4-7,13H2,1H3.